The number of urea groups is 1. The Bertz CT molecular complexity index is 881. The van der Waals surface area contributed by atoms with E-state index in [1.54, 1.807) is 24.0 Å². The lowest BCUT2D eigenvalue weighted by Gasteiger charge is -2.36. The Morgan fingerprint density at radius 1 is 1.15 bits per heavy atom. The second-order valence-corrected chi connectivity index (χ2v) is 7.42. The number of hydrogen-bond acceptors (Lipinski definition) is 5. The molecular weight excluding hydrogens is 344 g/mol. The van der Waals surface area contributed by atoms with Crippen LogP contribution in [-0.2, 0) is 7.05 Å². The number of carbonyl (C=O) groups is 1. The van der Waals surface area contributed by atoms with Crippen LogP contribution in [0.3, 0.4) is 0 Å². The Hall–Kier alpha value is -2.64. The van der Waals surface area contributed by atoms with E-state index >= 15 is 0 Å². The molecule has 0 aromatic carbocycles. The van der Waals surface area contributed by atoms with Crippen LogP contribution in [0.15, 0.2) is 23.3 Å². The first-order valence-electron chi connectivity index (χ1n) is 9.74. The number of pyridine rings is 1. The van der Waals surface area contributed by atoms with E-state index in [1.807, 2.05) is 15.9 Å². The molecule has 1 saturated heterocycles. The van der Waals surface area contributed by atoms with Crippen LogP contribution in [0.5, 0.6) is 0 Å². The third-order valence-electron chi connectivity index (χ3n) is 5.66. The van der Waals surface area contributed by atoms with Gasteiger partial charge in [-0.25, -0.2) is 9.78 Å². The van der Waals surface area contributed by atoms with Crippen molar-refractivity contribution in [2.24, 2.45) is 7.05 Å². The van der Waals surface area contributed by atoms with Crippen molar-refractivity contribution in [3.63, 3.8) is 0 Å². The molecule has 2 fully saturated rings. The number of aromatic nitrogens is 3. The van der Waals surface area contributed by atoms with E-state index < -0.39 is 0 Å². The molecule has 3 heterocycles. The van der Waals surface area contributed by atoms with Crippen LogP contribution in [0, 0.1) is 0 Å². The number of hydrogen-bond donors (Lipinski definition) is 1. The van der Waals surface area contributed by atoms with Gasteiger partial charge in [-0.3, -0.25) is 9.78 Å². The summed E-state index contributed by atoms with van der Waals surface area (Å²) in [6.07, 6.45) is 9.17. The van der Waals surface area contributed by atoms with Crippen LogP contribution in [0.2, 0.25) is 0 Å². The lowest BCUT2D eigenvalue weighted by Crippen LogP contribution is -2.54. The van der Waals surface area contributed by atoms with Crippen LogP contribution in [0.25, 0.3) is 11.0 Å². The van der Waals surface area contributed by atoms with E-state index in [9.17, 15) is 9.59 Å². The topological polar surface area (TPSA) is 83.4 Å². The first-order valence-corrected chi connectivity index (χ1v) is 9.74. The van der Waals surface area contributed by atoms with Crippen molar-refractivity contribution in [3.05, 3.63) is 28.8 Å². The van der Waals surface area contributed by atoms with Gasteiger partial charge in [-0.15, -0.1) is 0 Å². The zero-order valence-corrected chi connectivity index (χ0v) is 15.7. The third-order valence-corrected chi connectivity index (χ3v) is 5.66. The van der Waals surface area contributed by atoms with Gasteiger partial charge in [0.1, 0.15) is 0 Å². The summed E-state index contributed by atoms with van der Waals surface area (Å²) in [6, 6.07) is 2.14. The number of fused-ring (bicyclic) bond motifs is 1. The van der Waals surface area contributed by atoms with Gasteiger partial charge in [0, 0.05) is 45.5 Å². The molecular formula is C19H26N6O2. The van der Waals surface area contributed by atoms with Crippen molar-refractivity contribution in [1.29, 1.82) is 0 Å². The van der Waals surface area contributed by atoms with Gasteiger partial charge in [0.15, 0.2) is 5.82 Å². The minimum absolute atomic E-state index is 0.0204. The van der Waals surface area contributed by atoms with Crippen LogP contribution in [0.1, 0.15) is 32.1 Å². The van der Waals surface area contributed by atoms with Crippen molar-refractivity contribution in [2.75, 3.05) is 31.1 Å². The fourth-order valence-electron chi connectivity index (χ4n) is 3.99. The van der Waals surface area contributed by atoms with Gasteiger partial charge >= 0.3 is 6.03 Å². The summed E-state index contributed by atoms with van der Waals surface area (Å²) < 4.78 is 1.59. The Kier molecular flexibility index (Phi) is 4.96. The van der Waals surface area contributed by atoms with Crippen molar-refractivity contribution in [1.82, 2.24) is 24.8 Å². The average Bonchev–Trinajstić information content (AvgIpc) is 2.71. The molecule has 1 N–H and O–H groups in total. The standard InChI is InChI=1S/C19H26N6O2/c1-23-16-13-20-8-7-15(16)22-17(18(23)26)24-9-11-25(12-10-24)19(27)21-14-5-3-2-4-6-14/h7-8,13-14H,2-6,9-12H2,1H3,(H,21,27). The zero-order valence-electron chi connectivity index (χ0n) is 15.7. The van der Waals surface area contributed by atoms with E-state index in [1.165, 1.54) is 19.3 Å². The molecule has 0 atom stereocenters. The van der Waals surface area contributed by atoms with E-state index in [0.29, 0.717) is 38.0 Å². The molecule has 4 rings (SSSR count). The first-order chi connectivity index (χ1) is 13.1. The summed E-state index contributed by atoms with van der Waals surface area (Å²) in [4.78, 5) is 37.7. The Morgan fingerprint density at radius 3 is 2.63 bits per heavy atom. The molecule has 144 valence electrons. The highest BCUT2D eigenvalue weighted by Crippen LogP contribution is 2.18. The molecule has 1 aliphatic carbocycles. The Balaban J connectivity index is 1.43. The highest BCUT2D eigenvalue weighted by Gasteiger charge is 2.26. The number of nitrogens with one attached hydrogen (secondary N) is 1. The molecule has 2 aliphatic rings. The van der Waals surface area contributed by atoms with Crippen molar-refractivity contribution in [2.45, 2.75) is 38.1 Å². The molecule has 8 heteroatoms. The Morgan fingerprint density at radius 2 is 1.89 bits per heavy atom. The van der Waals surface area contributed by atoms with Gasteiger partial charge in [0.05, 0.1) is 17.2 Å². The third kappa shape index (κ3) is 3.61. The maximum atomic E-state index is 12.7. The van der Waals surface area contributed by atoms with Gasteiger partial charge < -0.3 is 19.7 Å². The highest BCUT2D eigenvalue weighted by atomic mass is 16.2. The number of anilines is 1. The highest BCUT2D eigenvalue weighted by molar-refractivity contribution is 5.76. The molecule has 2 aromatic rings. The van der Waals surface area contributed by atoms with Crippen molar-refractivity contribution in [3.8, 4) is 0 Å². The minimum Gasteiger partial charge on any atom is -0.348 e. The molecule has 1 aliphatic heterocycles. The largest absolute Gasteiger partial charge is 0.348 e. The molecule has 8 nitrogen and oxygen atoms in total. The lowest BCUT2D eigenvalue weighted by atomic mass is 9.96. The van der Waals surface area contributed by atoms with Crippen LogP contribution in [0.4, 0.5) is 10.6 Å². The van der Waals surface area contributed by atoms with E-state index in [-0.39, 0.29) is 11.6 Å². The molecule has 0 radical (unpaired) electrons. The molecule has 2 amide bonds. The second-order valence-electron chi connectivity index (χ2n) is 7.42. The summed E-state index contributed by atoms with van der Waals surface area (Å²) in [6.45, 7) is 2.41. The predicted octanol–water partition coefficient (Wildman–Crippen LogP) is 1.49. The summed E-state index contributed by atoms with van der Waals surface area (Å²) >= 11 is 0. The summed E-state index contributed by atoms with van der Waals surface area (Å²) in [5.74, 6) is 0.448. The normalized spacial score (nSPS) is 18.7. The number of rotatable bonds is 2. The Labute approximate surface area is 158 Å². The smallest absolute Gasteiger partial charge is 0.317 e. The van der Waals surface area contributed by atoms with E-state index in [4.69, 9.17) is 0 Å². The molecule has 2 aromatic heterocycles. The number of aryl methyl sites for hydroxylation is 1. The van der Waals surface area contributed by atoms with Crippen LogP contribution in [-0.4, -0.2) is 57.7 Å². The lowest BCUT2D eigenvalue weighted by molar-refractivity contribution is 0.186. The van der Waals surface area contributed by atoms with Crippen molar-refractivity contribution >= 4 is 22.9 Å². The number of amides is 2. The van der Waals surface area contributed by atoms with Crippen molar-refractivity contribution < 1.29 is 4.79 Å². The quantitative estimate of drug-likeness (QED) is 0.866. The van der Waals surface area contributed by atoms with E-state index in [0.717, 1.165) is 23.9 Å². The summed E-state index contributed by atoms with van der Waals surface area (Å²) in [5, 5.41) is 3.17. The van der Waals surface area contributed by atoms with Gasteiger partial charge in [-0.1, -0.05) is 19.3 Å². The average molecular weight is 370 g/mol. The molecule has 1 saturated carbocycles. The fraction of sp³-hybridized carbons (Fsp3) is 0.579. The zero-order chi connectivity index (χ0) is 18.8. The predicted molar refractivity (Wildman–Crippen MR) is 104 cm³/mol. The van der Waals surface area contributed by atoms with E-state index in [2.05, 4.69) is 15.3 Å². The molecule has 0 bridgehead atoms. The number of nitrogens with zero attached hydrogens (tertiary/aromatic N) is 5. The van der Waals surface area contributed by atoms with Gasteiger partial charge in [0.25, 0.3) is 5.56 Å². The number of carbonyl (C=O) groups excluding carboxylic acids is 1. The van der Waals surface area contributed by atoms with Crippen LogP contribution < -0.4 is 15.8 Å². The SMILES string of the molecule is Cn1c(=O)c(N2CCN(C(=O)NC3CCCCC3)CC2)nc2ccncc21. The van der Waals surface area contributed by atoms with Gasteiger partial charge in [-0.05, 0) is 18.9 Å². The van der Waals surface area contributed by atoms with Gasteiger partial charge in [-0.2, -0.15) is 0 Å². The maximum absolute atomic E-state index is 12.7. The first kappa shape index (κ1) is 17.8. The second kappa shape index (κ2) is 7.54. The maximum Gasteiger partial charge on any atom is 0.317 e. The summed E-state index contributed by atoms with van der Waals surface area (Å²) in [5.41, 5.74) is 1.34. The summed E-state index contributed by atoms with van der Waals surface area (Å²) in [7, 11) is 1.74. The molecule has 0 spiro atoms. The van der Waals surface area contributed by atoms with Crippen LogP contribution >= 0.6 is 0 Å². The fourth-order valence-corrected chi connectivity index (χ4v) is 3.99. The number of piperazine rings is 1. The molecule has 0 unspecified atom stereocenters. The molecule has 27 heavy (non-hydrogen) atoms. The van der Waals surface area contributed by atoms with Gasteiger partial charge in [0.2, 0.25) is 0 Å². The monoisotopic (exact) mass is 370 g/mol. The minimum atomic E-state index is -0.129.